The molecule has 0 saturated carbocycles. The van der Waals surface area contributed by atoms with Crippen molar-refractivity contribution in [3.8, 4) is 0 Å². The van der Waals surface area contributed by atoms with Gasteiger partial charge in [0.2, 0.25) is 0 Å². The Morgan fingerprint density at radius 2 is 0.553 bits per heavy atom. The summed E-state index contributed by atoms with van der Waals surface area (Å²) in [5, 5.41) is 22.8. The van der Waals surface area contributed by atoms with Crippen LogP contribution < -0.4 is 0 Å². The molecule has 14 unspecified atom stereocenters. The molecular formula is C61H110O15. The minimum atomic E-state index is -1.01. The lowest BCUT2D eigenvalue weighted by atomic mass is 9.78. The Labute approximate surface area is 460 Å². The van der Waals surface area contributed by atoms with Gasteiger partial charge in [0.05, 0.1) is 86.0 Å². The first-order chi connectivity index (χ1) is 35.9. The van der Waals surface area contributed by atoms with Gasteiger partial charge < -0.3 is 71.8 Å². The smallest absolute Gasteiger partial charge is 0.163 e. The zero-order valence-electron chi connectivity index (χ0n) is 50.9. The van der Waals surface area contributed by atoms with Crippen LogP contribution in [-0.4, -0.2) is 146 Å². The summed E-state index contributed by atoms with van der Waals surface area (Å²) in [4.78, 5) is 0. The lowest BCUT2D eigenvalue weighted by Gasteiger charge is -2.52. The Balaban J connectivity index is 0.925. The van der Waals surface area contributed by atoms with E-state index in [-0.39, 0.29) is 139 Å². The number of ether oxygens (including phenoxy) is 13. The molecule has 0 aliphatic carbocycles. The lowest BCUT2D eigenvalue weighted by molar-refractivity contribution is -0.371. The molecule has 35 atom stereocenters. The maximum atomic E-state index is 12.0. The van der Waals surface area contributed by atoms with Gasteiger partial charge in [-0.05, 0) is 93.8 Å². The van der Waals surface area contributed by atoms with E-state index < -0.39 is 55.7 Å². The summed E-state index contributed by atoms with van der Waals surface area (Å²) >= 11 is 0. The van der Waals surface area contributed by atoms with E-state index >= 15 is 0 Å². The molecule has 0 radical (unpaired) electrons. The average molecular weight is 1080 g/mol. The fraction of sp³-hybridized carbons (Fsp3) is 1.00. The maximum Gasteiger partial charge on any atom is 0.163 e. The number of hydrogen-bond donors (Lipinski definition) is 2. The third kappa shape index (κ3) is 12.8. The van der Waals surface area contributed by atoms with Crippen LogP contribution in [0.4, 0.5) is 0 Å². The molecule has 15 nitrogen and oxygen atoms in total. The third-order valence-corrected chi connectivity index (χ3v) is 21.4. The van der Waals surface area contributed by atoms with E-state index in [1.807, 2.05) is 20.8 Å². The molecule has 7 heterocycles. The molecular weight excluding hydrogens is 973 g/mol. The maximum absolute atomic E-state index is 12.0. The van der Waals surface area contributed by atoms with Gasteiger partial charge in [-0.2, -0.15) is 0 Å². The van der Waals surface area contributed by atoms with Crippen molar-refractivity contribution in [2.24, 2.45) is 82.9 Å². The highest BCUT2D eigenvalue weighted by Crippen LogP contribution is 2.46. The molecule has 0 aromatic rings. The normalized spacial score (nSPS) is 54.6. The monoisotopic (exact) mass is 1080 g/mol. The van der Waals surface area contributed by atoms with E-state index in [4.69, 9.17) is 61.6 Å². The minimum absolute atomic E-state index is 0.00466. The molecule has 7 fully saturated rings. The molecule has 0 aromatic carbocycles. The van der Waals surface area contributed by atoms with Gasteiger partial charge in [0.15, 0.2) is 37.7 Å². The van der Waals surface area contributed by atoms with Crippen LogP contribution in [0.3, 0.4) is 0 Å². The standard InChI is InChI=1S/C61H110O15/c1-22-44-29(7)27(5)35(13)58(67-44)74-53-34(12)39(17)60(69-47(53)25-4)75-54-33(11)38(16)59(68-46(54)24-3)71-50-32(10)37(15)57(66-42(50)20)76-55-48(26-62)70-61(40(18)49(55)63)72-51-31(9)36(14)56(65-43(51)21)73-52-30(8)28(6)41(19)64-45(52)23-2/h27-63H,22-26H2,1-21H3/t27?,28?,29-,30+,31?,32+,33+,34?,35?,36?,37?,38?,39?,40?,41+,42?,43-,44-,45?,46?,47-,48-,49?,50-,51-,52-,53-,54-,55+,56-,57-,58+,59+,60-,61+/m0/s1. The van der Waals surface area contributed by atoms with E-state index in [1.54, 1.807) is 0 Å². The van der Waals surface area contributed by atoms with E-state index in [2.05, 4.69) is 125 Å². The second kappa shape index (κ2) is 26.8. The number of hydrogen-bond acceptors (Lipinski definition) is 15. The van der Waals surface area contributed by atoms with Crippen molar-refractivity contribution in [3.63, 3.8) is 0 Å². The van der Waals surface area contributed by atoms with Crippen molar-refractivity contribution in [2.45, 2.75) is 300 Å². The van der Waals surface area contributed by atoms with Crippen LogP contribution in [0.25, 0.3) is 0 Å². The number of rotatable bonds is 17. The highest BCUT2D eigenvalue weighted by atomic mass is 16.8. The first kappa shape index (κ1) is 63.0. The Morgan fingerprint density at radius 1 is 0.263 bits per heavy atom. The molecule has 7 rings (SSSR count). The van der Waals surface area contributed by atoms with Crippen molar-refractivity contribution in [3.05, 3.63) is 0 Å². The van der Waals surface area contributed by atoms with Crippen LogP contribution in [0.2, 0.25) is 0 Å². The largest absolute Gasteiger partial charge is 0.394 e. The minimum Gasteiger partial charge on any atom is -0.394 e. The molecule has 0 amide bonds. The van der Waals surface area contributed by atoms with Crippen LogP contribution in [-0.2, 0) is 61.6 Å². The highest BCUT2D eigenvalue weighted by Gasteiger charge is 2.54. The second-order valence-electron chi connectivity index (χ2n) is 25.9. The Hall–Kier alpha value is -0.600. The number of aliphatic hydroxyl groups excluding tert-OH is 2. The van der Waals surface area contributed by atoms with Crippen LogP contribution in [0, 0.1) is 82.9 Å². The predicted octanol–water partition coefficient (Wildman–Crippen LogP) is 10.4. The molecule has 76 heavy (non-hydrogen) atoms. The van der Waals surface area contributed by atoms with Gasteiger partial charge in [-0.3, -0.25) is 0 Å². The first-order valence-corrected chi connectivity index (χ1v) is 30.7. The summed E-state index contributed by atoms with van der Waals surface area (Å²) in [5.74, 6) is 1.78. The summed E-state index contributed by atoms with van der Waals surface area (Å²) in [5.41, 5.74) is 0. The van der Waals surface area contributed by atoms with Crippen molar-refractivity contribution in [1.82, 2.24) is 0 Å². The molecule has 0 spiro atoms. The lowest BCUT2D eigenvalue weighted by Crippen LogP contribution is -2.62. The predicted molar refractivity (Wildman–Crippen MR) is 289 cm³/mol. The van der Waals surface area contributed by atoms with Gasteiger partial charge in [-0.1, -0.05) is 125 Å². The average Bonchev–Trinajstić information content (AvgIpc) is 3.40. The van der Waals surface area contributed by atoms with Crippen LogP contribution in [0.15, 0.2) is 0 Å². The zero-order chi connectivity index (χ0) is 55.9. The summed E-state index contributed by atoms with van der Waals surface area (Å²) < 4.78 is 87.8. The van der Waals surface area contributed by atoms with E-state index in [1.165, 1.54) is 0 Å². The van der Waals surface area contributed by atoms with E-state index in [9.17, 15) is 10.2 Å². The fourth-order valence-corrected chi connectivity index (χ4v) is 14.1. The highest BCUT2D eigenvalue weighted by molar-refractivity contribution is 4.96. The Morgan fingerprint density at radius 3 is 0.947 bits per heavy atom. The third-order valence-electron chi connectivity index (χ3n) is 21.4. The second-order valence-corrected chi connectivity index (χ2v) is 25.9. The van der Waals surface area contributed by atoms with Gasteiger partial charge in [-0.25, -0.2) is 0 Å². The molecule has 7 aliphatic heterocycles. The molecule has 15 heteroatoms. The summed E-state index contributed by atoms with van der Waals surface area (Å²) in [7, 11) is 0. The SMILES string of the molecule is CCC1O[C@H](O[C@@H]2C(C)O[C@@H](O[C@H]3C(O)C(C)[C@@H](O[C@H]4C(C)C(C)[C@H](O[C@@H]5C(CC)O[C@H](C)C(C)[C@H]5C)O[C@H]4C)O[C@H]3CO)C(C)[C@H]2C)C(C)[C@@H](C)[C@@H]1O[C@@H]1O[C@@H](CC)[C@@H](O[C@H]2O[C@@H](CC)[C@@H](C)C(C)C2C)C(C)C1C. The van der Waals surface area contributed by atoms with E-state index in [0.29, 0.717) is 23.7 Å². The van der Waals surface area contributed by atoms with Gasteiger partial charge in [0.25, 0.3) is 0 Å². The quantitative estimate of drug-likeness (QED) is 0.142. The summed E-state index contributed by atoms with van der Waals surface area (Å²) in [6.07, 6.45) is -4.03. The van der Waals surface area contributed by atoms with Gasteiger partial charge in [0.1, 0.15) is 12.2 Å². The van der Waals surface area contributed by atoms with Crippen molar-refractivity contribution in [1.29, 1.82) is 0 Å². The molecule has 444 valence electrons. The molecule has 0 aromatic heterocycles. The van der Waals surface area contributed by atoms with Crippen molar-refractivity contribution in [2.75, 3.05) is 6.61 Å². The van der Waals surface area contributed by atoms with Gasteiger partial charge in [0, 0.05) is 35.5 Å². The van der Waals surface area contributed by atoms with Crippen LogP contribution in [0.1, 0.15) is 171 Å². The molecule has 0 bridgehead atoms. The van der Waals surface area contributed by atoms with Gasteiger partial charge >= 0.3 is 0 Å². The van der Waals surface area contributed by atoms with Crippen molar-refractivity contribution >= 4 is 0 Å². The summed E-state index contributed by atoms with van der Waals surface area (Å²) in [6.45, 7) is 45.3. The Bertz CT molecular complexity index is 1750. The topological polar surface area (TPSA) is 160 Å². The molecule has 2 N–H and O–H groups in total. The molecule has 7 saturated heterocycles. The summed E-state index contributed by atoms with van der Waals surface area (Å²) in [6, 6.07) is 0. The number of aliphatic hydroxyl groups is 2. The first-order valence-electron chi connectivity index (χ1n) is 30.7. The van der Waals surface area contributed by atoms with Crippen LogP contribution >= 0.6 is 0 Å². The Kier molecular flexibility index (Phi) is 22.2. The van der Waals surface area contributed by atoms with E-state index in [0.717, 1.165) is 25.7 Å². The molecule has 7 aliphatic rings. The van der Waals surface area contributed by atoms with Crippen LogP contribution in [0.5, 0.6) is 0 Å². The van der Waals surface area contributed by atoms with Gasteiger partial charge in [-0.15, -0.1) is 0 Å². The zero-order valence-corrected chi connectivity index (χ0v) is 50.9. The van der Waals surface area contributed by atoms with Crippen molar-refractivity contribution < 1.29 is 71.8 Å². The fourth-order valence-electron chi connectivity index (χ4n) is 14.1.